The van der Waals surface area contributed by atoms with Crippen LogP contribution in [0.5, 0.6) is 11.5 Å². The normalized spacial score (nSPS) is 34.9. The van der Waals surface area contributed by atoms with Crippen molar-refractivity contribution in [1.82, 2.24) is 0 Å². The second-order valence-corrected chi connectivity index (χ2v) is 18.8. The molecule has 5 heteroatoms. The Balaban J connectivity index is 0.000000194. The molecule has 8 unspecified atom stereocenters. The van der Waals surface area contributed by atoms with Crippen LogP contribution in [0, 0.1) is 52.3 Å². The van der Waals surface area contributed by atoms with Crippen LogP contribution in [-0.4, -0.2) is 22.9 Å². The molecule has 2 N–H and O–H groups in total. The fourth-order valence-corrected chi connectivity index (χ4v) is 12.0. The van der Waals surface area contributed by atoms with Gasteiger partial charge in [0.05, 0.1) is 12.7 Å². The average Bonchev–Trinajstić information content (AvgIpc) is 3.18. The van der Waals surface area contributed by atoms with Crippen LogP contribution in [0.25, 0.3) is 11.0 Å². The topological polar surface area (TPSA) is 79.9 Å². The van der Waals surface area contributed by atoms with E-state index in [4.69, 9.17) is 9.15 Å². The van der Waals surface area contributed by atoms with Gasteiger partial charge in [0.15, 0.2) is 5.43 Å². The summed E-state index contributed by atoms with van der Waals surface area (Å²) in [5.74, 6) is 3.92. The number of aromatic hydroxyl groups is 1. The van der Waals surface area contributed by atoms with Gasteiger partial charge in [-0.05, 0) is 143 Å². The molecule has 5 aliphatic rings. The van der Waals surface area contributed by atoms with E-state index in [1.165, 1.54) is 69.4 Å². The van der Waals surface area contributed by atoms with Gasteiger partial charge in [0.2, 0.25) is 0 Å². The van der Waals surface area contributed by atoms with Gasteiger partial charge < -0.3 is 19.4 Å². The minimum atomic E-state index is -0.212. The standard InChI is InChI=1S/C30H50O.C15H16O4/c1-20(2)10-9-11-21(3)22-14-18-30(8)24-12-13-25-27(4,5)26(31)16-17-28(25,6)23(24)15-19-29(22,30)7;1-8-3-4-10-12(18-7-8)6-13-14(15(10)17)11(16)5-9(2)19-13/h10,21-22,25-26,31H,9,11-19H2,1-8H3;5-6,8,17H,3-4,7H2,1-2H3. The molecular formula is C45H66O5. The third-order valence-electron chi connectivity index (χ3n) is 15.2. The van der Waals surface area contributed by atoms with Crippen molar-refractivity contribution in [3.05, 3.63) is 56.5 Å². The van der Waals surface area contributed by atoms with Gasteiger partial charge in [-0.25, -0.2) is 0 Å². The summed E-state index contributed by atoms with van der Waals surface area (Å²) in [5, 5.41) is 21.4. The second kappa shape index (κ2) is 13.5. The van der Waals surface area contributed by atoms with Crippen molar-refractivity contribution in [2.24, 2.45) is 45.3 Å². The van der Waals surface area contributed by atoms with Gasteiger partial charge in [-0.3, -0.25) is 4.79 Å². The third kappa shape index (κ3) is 6.09. The summed E-state index contributed by atoms with van der Waals surface area (Å²) in [6.45, 7) is 24.1. The molecule has 276 valence electrons. The molecule has 8 atom stereocenters. The largest absolute Gasteiger partial charge is 0.507 e. The lowest BCUT2D eigenvalue weighted by Gasteiger charge is -2.62. The number of ether oxygens (including phenoxy) is 1. The quantitative estimate of drug-likeness (QED) is 0.313. The molecule has 4 aliphatic carbocycles. The van der Waals surface area contributed by atoms with Crippen LogP contribution in [0.1, 0.15) is 144 Å². The van der Waals surface area contributed by atoms with Crippen molar-refractivity contribution < 1.29 is 19.4 Å². The molecular weight excluding hydrogens is 620 g/mol. The van der Waals surface area contributed by atoms with E-state index < -0.39 is 0 Å². The summed E-state index contributed by atoms with van der Waals surface area (Å²) in [7, 11) is 0. The highest BCUT2D eigenvalue weighted by atomic mass is 16.5. The summed E-state index contributed by atoms with van der Waals surface area (Å²) >= 11 is 0. The Morgan fingerprint density at radius 3 is 2.44 bits per heavy atom. The molecule has 1 aliphatic heterocycles. The summed E-state index contributed by atoms with van der Waals surface area (Å²) < 4.78 is 11.2. The lowest BCUT2D eigenvalue weighted by atomic mass is 9.43. The highest BCUT2D eigenvalue weighted by molar-refractivity contribution is 5.86. The van der Waals surface area contributed by atoms with Crippen LogP contribution in [0.2, 0.25) is 0 Å². The van der Waals surface area contributed by atoms with Gasteiger partial charge in [-0.15, -0.1) is 0 Å². The van der Waals surface area contributed by atoms with Gasteiger partial charge in [-0.1, -0.05) is 71.3 Å². The molecule has 0 spiro atoms. The number of aliphatic hydroxyl groups excluding tert-OH is 1. The first-order valence-electron chi connectivity index (χ1n) is 19.9. The van der Waals surface area contributed by atoms with Crippen molar-refractivity contribution in [1.29, 1.82) is 0 Å². The average molecular weight is 687 g/mol. The van der Waals surface area contributed by atoms with E-state index in [0.29, 0.717) is 63.8 Å². The number of phenolic OH excluding ortho intramolecular Hbond substituents is 1. The smallest absolute Gasteiger partial charge is 0.196 e. The minimum absolute atomic E-state index is 0.00958. The van der Waals surface area contributed by atoms with Crippen molar-refractivity contribution in [2.45, 2.75) is 152 Å². The molecule has 50 heavy (non-hydrogen) atoms. The van der Waals surface area contributed by atoms with E-state index in [1.54, 1.807) is 13.0 Å². The van der Waals surface area contributed by atoms with E-state index in [1.807, 2.05) is 11.1 Å². The van der Waals surface area contributed by atoms with Crippen LogP contribution in [0.4, 0.5) is 0 Å². The first-order valence-corrected chi connectivity index (χ1v) is 19.9. The SMILES string of the molecule is CC(C)=CCCC(C)C1CCC2(C)C3=C(CCC12C)C1(C)CCC(O)C(C)(C)C1CC3.Cc1cc(=O)c2c(O)c3c(cc2o1)OCC(C)CC3. The van der Waals surface area contributed by atoms with Crippen molar-refractivity contribution in [3.8, 4) is 11.5 Å². The molecule has 1 aromatic heterocycles. The molecule has 1 aromatic carbocycles. The van der Waals surface area contributed by atoms with Crippen LogP contribution in [0.15, 0.2) is 44.1 Å². The molecule has 2 aromatic rings. The lowest BCUT2D eigenvalue weighted by molar-refractivity contribution is -0.0962. The predicted octanol–water partition coefficient (Wildman–Crippen LogP) is 11.2. The van der Waals surface area contributed by atoms with E-state index >= 15 is 0 Å². The van der Waals surface area contributed by atoms with Gasteiger partial charge in [-0.2, -0.15) is 0 Å². The number of rotatable bonds is 4. The fraction of sp³-hybridized carbons (Fsp3) is 0.711. The summed E-state index contributed by atoms with van der Waals surface area (Å²) in [6.07, 6.45) is 16.8. The zero-order chi connectivity index (χ0) is 36.4. The molecule has 0 bridgehead atoms. The molecule has 0 saturated heterocycles. The zero-order valence-corrected chi connectivity index (χ0v) is 32.9. The van der Waals surface area contributed by atoms with E-state index in [9.17, 15) is 15.0 Å². The number of aliphatic hydroxyl groups is 1. The zero-order valence-electron chi connectivity index (χ0n) is 32.9. The van der Waals surface area contributed by atoms with Gasteiger partial charge in [0.1, 0.15) is 28.2 Å². The van der Waals surface area contributed by atoms with Crippen LogP contribution in [-0.2, 0) is 6.42 Å². The van der Waals surface area contributed by atoms with Crippen molar-refractivity contribution in [2.75, 3.05) is 6.61 Å². The Labute approximate surface area is 302 Å². The number of fused-ring (bicyclic) bond motifs is 6. The van der Waals surface area contributed by atoms with Crippen LogP contribution >= 0.6 is 0 Å². The highest BCUT2D eigenvalue weighted by Crippen LogP contribution is 2.72. The number of allylic oxidation sites excluding steroid dienone is 4. The third-order valence-corrected chi connectivity index (χ3v) is 15.2. The summed E-state index contributed by atoms with van der Waals surface area (Å²) in [5.41, 5.74) is 7.30. The Morgan fingerprint density at radius 1 is 0.980 bits per heavy atom. The second-order valence-electron chi connectivity index (χ2n) is 18.8. The van der Waals surface area contributed by atoms with Gasteiger partial charge in [0.25, 0.3) is 0 Å². The van der Waals surface area contributed by atoms with Crippen LogP contribution in [0.3, 0.4) is 0 Å². The molecule has 2 fully saturated rings. The maximum absolute atomic E-state index is 12.0. The number of aryl methyl sites for hydroxylation is 1. The van der Waals surface area contributed by atoms with E-state index in [2.05, 4.69) is 68.4 Å². The van der Waals surface area contributed by atoms with Gasteiger partial charge in [0, 0.05) is 17.7 Å². The predicted molar refractivity (Wildman–Crippen MR) is 205 cm³/mol. The minimum Gasteiger partial charge on any atom is -0.507 e. The molecule has 5 nitrogen and oxygen atoms in total. The highest BCUT2D eigenvalue weighted by Gasteiger charge is 2.63. The Hall–Kier alpha value is -2.53. The van der Waals surface area contributed by atoms with Crippen molar-refractivity contribution in [3.63, 3.8) is 0 Å². The summed E-state index contributed by atoms with van der Waals surface area (Å²) in [6, 6.07) is 3.12. The number of phenols is 1. The lowest BCUT2D eigenvalue weighted by Crippen LogP contribution is -2.55. The monoisotopic (exact) mass is 686 g/mol. The number of benzene rings is 1. The van der Waals surface area contributed by atoms with Crippen LogP contribution < -0.4 is 10.2 Å². The fourth-order valence-electron chi connectivity index (χ4n) is 12.0. The Bertz CT molecular complexity index is 1720. The number of hydrogen-bond acceptors (Lipinski definition) is 5. The molecule has 2 heterocycles. The van der Waals surface area contributed by atoms with Gasteiger partial charge >= 0.3 is 0 Å². The molecule has 0 radical (unpaired) electrons. The van der Waals surface area contributed by atoms with Crippen molar-refractivity contribution >= 4 is 11.0 Å². The summed E-state index contributed by atoms with van der Waals surface area (Å²) in [4.78, 5) is 12.0. The molecule has 7 rings (SSSR count). The Kier molecular flexibility index (Phi) is 10.0. The van der Waals surface area contributed by atoms with E-state index in [-0.39, 0.29) is 28.1 Å². The first kappa shape index (κ1) is 37.2. The first-order chi connectivity index (χ1) is 23.4. The Morgan fingerprint density at radius 2 is 1.72 bits per heavy atom. The maximum Gasteiger partial charge on any atom is 0.196 e. The maximum atomic E-state index is 12.0. The molecule has 0 amide bonds. The molecule has 2 saturated carbocycles. The van der Waals surface area contributed by atoms with E-state index in [0.717, 1.165) is 24.7 Å². The number of hydrogen-bond donors (Lipinski definition) is 2.